The number of ether oxygens (including phenoxy) is 2. The summed E-state index contributed by atoms with van der Waals surface area (Å²) in [7, 11) is 3.38. The van der Waals surface area contributed by atoms with Gasteiger partial charge in [0.1, 0.15) is 0 Å². The lowest BCUT2D eigenvalue weighted by Gasteiger charge is -2.32. The zero-order valence-corrected chi connectivity index (χ0v) is 12.6. The van der Waals surface area contributed by atoms with Gasteiger partial charge in [-0.15, -0.1) is 0 Å². The summed E-state index contributed by atoms with van der Waals surface area (Å²) in [6.45, 7) is 4.03. The third-order valence-electron chi connectivity index (χ3n) is 4.16. The van der Waals surface area contributed by atoms with E-state index in [0.717, 1.165) is 50.0 Å². The Bertz CT molecular complexity index is 415. The summed E-state index contributed by atoms with van der Waals surface area (Å²) in [4.78, 5) is 2.49. The van der Waals surface area contributed by atoms with Gasteiger partial charge in [-0.1, -0.05) is 12.1 Å². The summed E-state index contributed by atoms with van der Waals surface area (Å²) in [5, 5.41) is 0. The minimum atomic E-state index is 0.808. The van der Waals surface area contributed by atoms with Crippen molar-refractivity contribution in [2.75, 3.05) is 33.9 Å². The minimum Gasteiger partial charge on any atom is -0.493 e. The zero-order valence-electron chi connectivity index (χ0n) is 12.6. The number of likely N-dealkylation sites (tertiary alicyclic amines) is 1. The summed E-state index contributed by atoms with van der Waals surface area (Å²) in [6, 6.07) is 6.08. The fraction of sp³-hybridized carbons (Fsp3) is 0.625. The molecular formula is C16H26N2O2. The molecule has 1 aliphatic rings. The van der Waals surface area contributed by atoms with Crippen LogP contribution in [-0.2, 0) is 6.54 Å². The quantitative estimate of drug-likeness (QED) is 0.867. The van der Waals surface area contributed by atoms with Crippen LogP contribution >= 0.6 is 0 Å². The number of rotatable bonds is 6. The van der Waals surface area contributed by atoms with Crippen LogP contribution < -0.4 is 15.2 Å². The first-order valence-electron chi connectivity index (χ1n) is 7.40. The van der Waals surface area contributed by atoms with E-state index in [9.17, 15) is 0 Å². The smallest absolute Gasteiger partial charge is 0.165 e. The van der Waals surface area contributed by atoms with Crippen LogP contribution in [0.5, 0.6) is 11.5 Å². The van der Waals surface area contributed by atoms with Gasteiger partial charge in [0.25, 0.3) is 0 Å². The molecule has 1 saturated heterocycles. The Kier molecular flexibility index (Phi) is 5.68. The number of hydrogen-bond donors (Lipinski definition) is 1. The lowest BCUT2D eigenvalue weighted by Crippen LogP contribution is -2.34. The van der Waals surface area contributed by atoms with E-state index in [1.165, 1.54) is 18.4 Å². The standard InChI is InChI=1S/C16H26N2O2/c1-19-15-5-3-4-14(16(15)20-2)12-18-10-7-13(6-9-17)8-11-18/h3-5,13H,6-12,17H2,1-2H3. The molecule has 4 nitrogen and oxygen atoms in total. The molecule has 1 fully saturated rings. The monoisotopic (exact) mass is 278 g/mol. The molecule has 0 bridgehead atoms. The van der Waals surface area contributed by atoms with E-state index < -0.39 is 0 Å². The molecule has 0 atom stereocenters. The van der Waals surface area contributed by atoms with Crippen LogP contribution in [0.4, 0.5) is 0 Å². The van der Waals surface area contributed by atoms with Gasteiger partial charge in [0.2, 0.25) is 0 Å². The molecule has 0 spiro atoms. The molecule has 0 aliphatic carbocycles. The van der Waals surface area contributed by atoms with Gasteiger partial charge in [0.05, 0.1) is 14.2 Å². The Morgan fingerprint density at radius 3 is 2.55 bits per heavy atom. The van der Waals surface area contributed by atoms with Crippen molar-refractivity contribution in [2.24, 2.45) is 11.7 Å². The normalized spacial score (nSPS) is 17.1. The second kappa shape index (κ2) is 7.50. The van der Waals surface area contributed by atoms with E-state index >= 15 is 0 Å². The number of benzene rings is 1. The van der Waals surface area contributed by atoms with E-state index in [0.29, 0.717) is 0 Å². The molecule has 1 aromatic rings. The minimum absolute atomic E-state index is 0.808. The van der Waals surface area contributed by atoms with Crippen molar-refractivity contribution < 1.29 is 9.47 Å². The highest BCUT2D eigenvalue weighted by molar-refractivity contribution is 5.46. The van der Waals surface area contributed by atoms with Crippen LogP contribution in [-0.4, -0.2) is 38.8 Å². The highest BCUT2D eigenvalue weighted by atomic mass is 16.5. The molecule has 2 rings (SSSR count). The van der Waals surface area contributed by atoms with Gasteiger partial charge in [0.15, 0.2) is 11.5 Å². The van der Waals surface area contributed by atoms with Gasteiger partial charge in [0, 0.05) is 12.1 Å². The number of methoxy groups -OCH3 is 2. The Morgan fingerprint density at radius 2 is 1.95 bits per heavy atom. The molecule has 0 unspecified atom stereocenters. The SMILES string of the molecule is COc1cccc(CN2CCC(CCN)CC2)c1OC. The number of nitrogens with zero attached hydrogens (tertiary/aromatic N) is 1. The molecule has 112 valence electrons. The average Bonchev–Trinajstić information content (AvgIpc) is 2.49. The molecular weight excluding hydrogens is 252 g/mol. The van der Waals surface area contributed by atoms with Crippen molar-refractivity contribution in [3.05, 3.63) is 23.8 Å². The van der Waals surface area contributed by atoms with Crippen molar-refractivity contribution in [2.45, 2.75) is 25.8 Å². The van der Waals surface area contributed by atoms with Crippen molar-refractivity contribution in [3.63, 3.8) is 0 Å². The number of piperidine rings is 1. The van der Waals surface area contributed by atoms with Crippen molar-refractivity contribution in [3.8, 4) is 11.5 Å². The predicted octanol–water partition coefficient (Wildman–Crippen LogP) is 2.26. The van der Waals surface area contributed by atoms with Gasteiger partial charge in [-0.2, -0.15) is 0 Å². The first kappa shape index (κ1) is 15.1. The van der Waals surface area contributed by atoms with Crippen LogP contribution in [0.2, 0.25) is 0 Å². The summed E-state index contributed by atoms with van der Waals surface area (Å²) in [5.41, 5.74) is 6.84. The predicted molar refractivity (Wildman–Crippen MR) is 81.2 cm³/mol. The highest BCUT2D eigenvalue weighted by Crippen LogP contribution is 2.32. The fourth-order valence-corrected chi connectivity index (χ4v) is 2.99. The number of nitrogens with two attached hydrogens (primary N) is 1. The number of hydrogen-bond acceptors (Lipinski definition) is 4. The lowest BCUT2D eigenvalue weighted by molar-refractivity contribution is 0.171. The molecule has 4 heteroatoms. The maximum atomic E-state index is 5.64. The second-order valence-electron chi connectivity index (χ2n) is 5.45. The highest BCUT2D eigenvalue weighted by Gasteiger charge is 2.20. The second-order valence-corrected chi connectivity index (χ2v) is 5.45. The summed E-state index contributed by atoms with van der Waals surface area (Å²) in [5.74, 6) is 2.48. The van der Waals surface area contributed by atoms with Crippen molar-refractivity contribution >= 4 is 0 Å². The third-order valence-corrected chi connectivity index (χ3v) is 4.16. The number of para-hydroxylation sites is 1. The Hall–Kier alpha value is -1.26. The first-order valence-corrected chi connectivity index (χ1v) is 7.40. The summed E-state index contributed by atoms with van der Waals surface area (Å²) < 4.78 is 10.9. The molecule has 0 saturated carbocycles. The van der Waals surface area contributed by atoms with E-state index in [1.807, 2.05) is 12.1 Å². The van der Waals surface area contributed by atoms with E-state index in [1.54, 1.807) is 14.2 Å². The molecule has 20 heavy (non-hydrogen) atoms. The largest absolute Gasteiger partial charge is 0.493 e. The maximum absolute atomic E-state index is 5.64. The van der Waals surface area contributed by atoms with E-state index in [-0.39, 0.29) is 0 Å². The third kappa shape index (κ3) is 3.64. The first-order chi connectivity index (χ1) is 9.78. The van der Waals surface area contributed by atoms with Crippen LogP contribution in [0.3, 0.4) is 0 Å². The summed E-state index contributed by atoms with van der Waals surface area (Å²) >= 11 is 0. The Labute approximate surface area is 121 Å². The van der Waals surface area contributed by atoms with E-state index in [4.69, 9.17) is 15.2 Å². The van der Waals surface area contributed by atoms with Gasteiger partial charge in [-0.05, 0) is 50.9 Å². The van der Waals surface area contributed by atoms with Gasteiger partial charge in [-0.3, -0.25) is 4.90 Å². The fourth-order valence-electron chi connectivity index (χ4n) is 2.99. The Balaban J connectivity index is 1.97. The van der Waals surface area contributed by atoms with Crippen LogP contribution in [0, 0.1) is 5.92 Å². The molecule has 1 heterocycles. The Morgan fingerprint density at radius 1 is 1.20 bits per heavy atom. The van der Waals surface area contributed by atoms with Gasteiger partial charge < -0.3 is 15.2 Å². The molecule has 2 N–H and O–H groups in total. The van der Waals surface area contributed by atoms with Crippen molar-refractivity contribution in [1.29, 1.82) is 0 Å². The molecule has 0 aromatic heterocycles. The topological polar surface area (TPSA) is 47.7 Å². The van der Waals surface area contributed by atoms with E-state index in [2.05, 4.69) is 11.0 Å². The molecule has 1 aliphatic heterocycles. The van der Waals surface area contributed by atoms with Gasteiger partial charge >= 0.3 is 0 Å². The summed E-state index contributed by atoms with van der Waals surface area (Å²) in [6.07, 6.45) is 3.67. The molecule has 1 aromatic carbocycles. The van der Waals surface area contributed by atoms with Gasteiger partial charge in [-0.25, -0.2) is 0 Å². The van der Waals surface area contributed by atoms with Crippen LogP contribution in [0.1, 0.15) is 24.8 Å². The molecule has 0 radical (unpaired) electrons. The average molecular weight is 278 g/mol. The molecule has 0 amide bonds. The van der Waals surface area contributed by atoms with Crippen molar-refractivity contribution in [1.82, 2.24) is 4.90 Å². The van der Waals surface area contributed by atoms with Crippen LogP contribution in [0.25, 0.3) is 0 Å². The lowest BCUT2D eigenvalue weighted by atomic mass is 9.93. The van der Waals surface area contributed by atoms with Crippen LogP contribution in [0.15, 0.2) is 18.2 Å². The zero-order chi connectivity index (χ0) is 14.4. The maximum Gasteiger partial charge on any atom is 0.165 e.